The summed E-state index contributed by atoms with van der Waals surface area (Å²) in [4.78, 5) is 33.7. The largest absolute Gasteiger partial charge is 0.379 e. The number of fused-ring (bicyclic) bond motifs is 3. The summed E-state index contributed by atoms with van der Waals surface area (Å²) in [6.45, 7) is 7.38. The van der Waals surface area contributed by atoms with E-state index in [1.54, 1.807) is 4.90 Å². The quantitative estimate of drug-likeness (QED) is 0.758. The summed E-state index contributed by atoms with van der Waals surface area (Å²) in [5.41, 5.74) is 1.86. The molecule has 2 amide bonds. The van der Waals surface area contributed by atoms with Crippen LogP contribution in [-0.4, -0.2) is 67.6 Å². The number of hydrogen-bond acceptors (Lipinski definition) is 5. The molecular formula is C25H30N4O3. The zero-order valence-corrected chi connectivity index (χ0v) is 18.5. The van der Waals surface area contributed by atoms with Gasteiger partial charge in [0.15, 0.2) is 0 Å². The van der Waals surface area contributed by atoms with E-state index in [-0.39, 0.29) is 11.8 Å². The lowest BCUT2D eigenvalue weighted by molar-refractivity contribution is -0.127. The molecule has 7 nitrogen and oxygen atoms in total. The van der Waals surface area contributed by atoms with Crippen LogP contribution in [0.1, 0.15) is 35.7 Å². The van der Waals surface area contributed by atoms with Gasteiger partial charge in [-0.25, -0.2) is 0 Å². The van der Waals surface area contributed by atoms with E-state index in [2.05, 4.69) is 17.1 Å². The van der Waals surface area contributed by atoms with Gasteiger partial charge in [-0.2, -0.15) is 0 Å². The summed E-state index contributed by atoms with van der Waals surface area (Å²) in [5, 5.41) is 3.52. The molecule has 0 aromatic heterocycles. The van der Waals surface area contributed by atoms with Crippen molar-refractivity contribution in [1.82, 2.24) is 9.80 Å². The predicted octanol–water partition coefficient (Wildman–Crippen LogP) is 2.89. The number of amides is 2. The first kappa shape index (κ1) is 21.0. The number of rotatable bonds is 6. The fourth-order valence-corrected chi connectivity index (χ4v) is 5.15. The first-order valence-electron chi connectivity index (χ1n) is 11.6. The molecule has 5 rings (SSSR count). The van der Waals surface area contributed by atoms with Crippen LogP contribution < -0.4 is 10.2 Å². The fourth-order valence-electron chi connectivity index (χ4n) is 5.15. The van der Waals surface area contributed by atoms with Gasteiger partial charge in [-0.1, -0.05) is 37.3 Å². The number of carbonyl (C=O) groups excluding carboxylic acids is 2. The molecule has 168 valence electrons. The van der Waals surface area contributed by atoms with E-state index in [1.165, 1.54) is 0 Å². The van der Waals surface area contributed by atoms with E-state index < -0.39 is 5.66 Å². The van der Waals surface area contributed by atoms with E-state index in [0.29, 0.717) is 24.3 Å². The Kier molecular flexibility index (Phi) is 5.61. The normalized spacial score (nSPS) is 22.8. The molecule has 2 aromatic carbocycles. The predicted molar refractivity (Wildman–Crippen MR) is 124 cm³/mol. The minimum Gasteiger partial charge on any atom is -0.379 e. The molecule has 1 spiro atoms. The lowest BCUT2D eigenvalue weighted by Gasteiger charge is -2.45. The molecule has 1 N–H and O–H groups in total. The van der Waals surface area contributed by atoms with E-state index in [1.807, 2.05) is 53.4 Å². The van der Waals surface area contributed by atoms with Gasteiger partial charge >= 0.3 is 0 Å². The van der Waals surface area contributed by atoms with Crippen LogP contribution in [0.3, 0.4) is 0 Å². The summed E-state index contributed by atoms with van der Waals surface area (Å²) in [7, 11) is 0. The Balaban J connectivity index is 1.53. The third-order valence-electron chi connectivity index (χ3n) is 6.67. The van der Waals surface area contributed by atoms with Crippen LogP contribution in [0.25, 0.3) is 0 Å². The van der Waals surface area contributed by atoms with Crippen LogP contribution in [0.15, 0.2) is 48.5 Å². The first-order chi connectivity index (χ1) is 15.7. The van der Waals surface area contributed by atoms with Crippen molar-refractivity contribution >= 4 is 23.2 Å². The minimum atomic E-state index is -1.21. The Bertz CT molecular complexity index is 1020. The number of carbonyl (C=O) groups is 2. The van der Waals surface area contributed by atoms with Crippen molar-refractivity contribution in [1.29, 1.82) is 0 Å². The van der Waals surface area contributed by atoms with Crippen LogP contribution in [0, 0.1) is 0 Å². The van der Waals surface area contributed by atoms with Crippen LogP contribution in [0.4, 0.5) is 11.4 Å². The van der Waals surface area contributed by atoms with Gasteiger partial charge in [-0.05, 0) is 31.0 Å². The highest BCUT2D eigenvalue weighted by Crippen LogP contribution is 2.47. The topological polar surface area (TPSA) is 65.1 Å². The van der Waals surface area contributed by atoms with Gasteiger partial charge in [-0.3, -0.25) is 14.5 Å². The molecule has 0 radical (unpaired) electrons. The Morgan fingerprint density at radius 2 is 1.72 bits per heavy atom. The molecule has 3 heterocycles. The number of nitrogens with one attached hydrogen (secondary N) is 1. The molecule has 32 heavy (non-hydrogen) atoms. The number of para-hydroxylation sites is 2. The number of nitrogens with zero attached hydrogens (tertiary/aromatic N) is 3. The van der Waals surface area contributed by atoms with Gasteiger partial charge in [-0.15, -0.1) is 0 Å². The molecule has 7 heteroatoms. The van der Waals surface area contributed by atoms with Crippen molar-refractivity contribution in [2.45, 2.75) is 25.4 Å². The molecule has 0 aliphatic carbocycles. The van der Waals surface area contributed by atoms with E-state index in [0.717, 1.165) is 56.9 Å². The lowest BCUT2D eigenvalue weighted by Crippen LogP contribution is -2.63. The molecule has 1 atom stereocenters. The zero-order valence-electron chi connectivity index (χ0n) is 18.5. The molecule has 2 aromatic rings. The summed E-state index contributed by atoms with van der Waals surface area (Å²) in [6, 6.07) is 15.4. The van der Waals surface area contributed by atoms with Crippen molar-refractivity contribution in [3.05, 3.63) is 59.7 Å². The molecular weight excluding hydrogens is 404 g/mol. The molecule has 1 saturated heterocycles. The number of morpholine rings is 1. The Labute approximate surface area is 188 Å². The second kappa shape index (κ2) is 8.56. The monoisotopic (exact) mass is 434 g/mol. The van der Waals surface area contributed by atoms with Gasteiger partial charge < -0.3 is 19.9 Å². The molecule has 0 saturated carbocycles. The second-order valence-electron chi connectivity index (χ2n) is 8.62. The highest BCUT2D eigenvalue weighted by Gasteiger charge is 2.58. The van der Waals surface area contributed by atoms with Crippen molar-refractivity contribution in [2.75, 3.05) is 56.2 Å². The molecule has 3 aliphatic heterocycles. The maximum absolute atomic E-state index is 14.0. The number of benzene rings is 2. The highest BCUT2D eigenvalue weighted by molar-refractivity contribution is 6.15. The minimum absolute atomic E-state index is 0.0743. The van der Waals surface area contributed by atoms with E-state index >= 15 is 0 Å². The third-order valence-corrected chi connectivity index (χ3v) is 6.67. The van der Waals surface area contributed by atoms with Crippen molar-refractivity contribution in [3.63, 3.8) is 0 Å². The standard InChI is InChI=1S/C25H30N4O3/c1-2-12-28-22-11-6-4-9-20(22)25(24(28)31)26-21-10-5-3-8-19(21)23(30)29(25)14-7-13-27-15-17-32-18-16-27/h3-6,8-11,26H,2,7,12-18H2,1H3/t25-/m1/s1. The Hall–Kier alpha value is -2.90. The average Bonchev–Trinajstić information content (AvgIpc) is 3.05. The van der Waals surface area contributed by atoms with Crippen molar-refractivity contribution in [2.24, 2.45) is 0 Å². The first-order valence-corrected chi connectivity index (χ1v) is 11.6. The summed E-state index contributed by atoms with van der Waals surface area (Å²) in [5.74, 6) is -0.169. The maximum atomic E-state index is 14.0. The number of ether oxygens (including phenoxy) is 1. The maximum Gasteiger partial charge on any atom is 0.278 e. The summed E-state index contributed by atoms with van der Waals surface area (Å²) in [6.07, 6.45) is 1.64. The molecule has 1 fully saturated rings. The van der Waals surface area contributed by atoms with Gasteiger partial charge in [0, 0.05) is 44.0 Å². The van der Waals surface area contributed by atoms with Crippen molar-refractivity contribution in [3.8, 4) is 0 Å². The van der Waals surface area contributed by atoms with Crippen LogP contribution in [-0.2, 0) is 15.2 Å². The smallest absolute Gasteiger partial charge is 0.278 e. The van der Waals surface area contributed by atoms with Crippen LogP contribution in [0.5, 0.6) is 0 Å². The molecule has 3 aliphatic rings. The summed E-state index contributed by atoms with van der Waals surface area (Å²) < 4.78 is 5.45. The van der Waals surface area contributed by atoms with E-state index in [4.69, 9.17) is 4.74 Å². The summed E-state index contributed by atoms with van der Waals surface area (Å²) >= 11 is 0. The SMILES string of the molecule is CCCN1C(=O)[C@@]2(Nc3ccccc3C(=O)N2CCCN2CCOCC2)c2ccccc21. The van der Waals surface area contributed by atoms with Gasteiger partial charge in [0.1, 0.15) is 0 Å². The van der Waals surface area contributed by atoms with Crippen LogP contribution in [0.2, 0.25) is 0 Å². The van der Waals surface area contributed by atoms with Gasteiger partial charge in [0.2, 0.25) is 5.66 Å². The van der Waals surface area contributed by atoms with Gasteiger partial charge in [0.05, 0.1) is 24.5 Å². The number of hydrogen-bond donors (Lipinski definition) is 1. The Morgan fingerprint density at radius 1 is 0.969 bits per heavy atom. The third kappa shape index (κ3) is 3.27. The molecule has 0 unspecified atom stereocenters. The highest BCUT2D eigenvalue weighted by atomic mass is 16.5. The van der Waals surface area contributed by atoms with E-state index in [9.17, 15) is 9.59 Å². The van der Waals surface area contributed by atoms with Crippen LogP contribution >= 0.6 is 0 Å². The van der Waals surface area contributed by atoms with Crippen molar-refractivity contribution < 1.29 is 14.3 Å². The Morgan fingerprint density at radius 3 is 2.53 bits per heavy atom. The fraction of sp³-hybridized carbons (Fsp3) is 0.440. The second-order valence-corrected chi connectivity index (χ2v) is 8.62. The lowest BCUT2D eigenvalue weighted by atomic mass is 9.92. The molecule has 0 bridgehead atoms. The number of anilines is 2. The average molecular weight is 435 g/mol. The van der Waals surface area contributed by atoms with Gasteiger partial charge in [0.25, 0.3) is 11.8 Å². The zero-order chi connectivity index (χ0) is 22.1.